The number of imidazole rings is 1. The van der Waals surface area contributed by atoms with Crippen molar-refractivity contribution in [2.45, 2.75) is 13.5 Å². The van der Waals surface area contributed by atoms with Crippen LogP contribution in [0.25, 0.3) is 11.0 Å². The molecule has 3 nitrogen and oxygen atoms in total. The molecule has 4 heteroatoms. The van der Waals surface area contributed by atoms with Crippen LogP contribution < -0.4 is 5.73 Å². The Kier molecular flexibility index (Phi) is 1.88. The fourth-order valence-electron chi connectivity index (χ4n) is 1.46. The first-order valence-corrected chi connectivity index (χ1v) is 4.52. The lowest BCUT2D eigenvalue weighted by atomic mass is 10.3. The molecule has 0 saturated heterocycles. The number of fused-ring (bicyclic) bond motifs is 1. The molecular weight excluding hydrogens is 186 g/mol. The number of nitrogens with two attached hydrogens (primary N) is 1. The molecule has 0 aliphatic rings. The Morgan fingerprint density at radius 2 is 2.31 bits per heavy atom. The number of anilines is 1. The van der Waals surface area contributed by atoms with Gasteiger partial charge in [0.15, 0.2) is 0 Å². The van der Waals surface area contributed by atoms with Crippen molar-refractivity contribution in [1.29, 1.82) is 0 Å². The Bertz CT molecular complexity index is 447. The molecule has 1 aromatic heterocycles. The van der Waals surface area contributed by atoms with E-state index >= 15 is 0 Å². The summed E-state index contributed by atoms with van der Waals surface area (Å²) in [6.45, 7) is 2.83. The normalized spacial score (nSPS) is 10.9. The molecule has 0 fully saturated rings. The average Bonchev–Trinajstić information content (AvgIpc) is 2.43. The van der Waals surface area contributed by atoms with Crippen molar-refractivity contribution in [3.63, 3.8) is 0 Å². The second-order valence-electron chi connectivity index (χ2n) is 2.82. The van der Waals surface area contributed by atoms with Crippen molar-refractivity contribution in [2.24, 2.45) is 0 Å². The number of halogens is 1. The number of rotatable bonds is 1. The van der Waals surface area contributed by atoms with Gasteiger partial charge in [-0.25, -0.2) is 4.98 Å². The summed E-state index contributed by atoms with van der Waals surface area (Å²) in [5, 5.41) is 0.649. The average molecular weight is 196 g/mol. The van der Waals surface area contributed by atoms with E-state index in [0.29, 0.717) is 11.0 Å². The highest BCUT2D eigenvalue weighted by Crippen LogP contribution is 2.24. The van der Waals surface area contributed by atoms with Gasteiger partial charge in [-0.2, -0.15) is 0 Å². The van der Waals surface area contributed by atoms with Gasteiger partial charge in [0.05, 0.1) is 10.5 Å². The molecule has 13 heavy (non-hydrogen) atoms. The van der Waals surface area contributed by atoms with Gasteiger partial charge in [0, 0.05) is 6.54 Å². The molecule has 2 N–H and O–H groups in total. The van der Waals surface area contributed by atoms with Crippen LogP contribution in [-0.2, 0) is 6.54 Å². The lowest BCUT2D eigenvalue weighted by Gasteiger charge is -2.00. The summed E-state index contributed by atoms with van der Waals surface area (Å²) in [5.41, 5.74) is 7.50. The van der Waals surface area contributed by atoms with Gasteiger partial charge in [-0.05, 0) is 19.1 Å². The monoisotopic (exact) mass is 195 g/mol. The summed E-state index contributed by atoms with van der Waals surface area (Å²) in [4.78, 5) is 4.19. The molecule has 0 radical (unpaired) electrons. The molecule has 0 aliphatic carbocycles. The number of benzene rings is 1. The quantitative estimate of drug-likeness (QED) is 0.759. The van der Waals surface area contributed by atoms with Crippen molar-refractivity contribution in [3.05, 3.63) is 23.2 Å². The summed E-state index contributed by atoms with van der Waals surface area (Å²) in [6, 6.07) is 5.68. The number of hydrogen-bond acceptors (Lipinski definition) is 2. The fraction of sp³-hybridized carbons (Fsp3) is 0.222. The molecule has 2 rings (SSSR count). The SMILES string of the molecule is CCn1c(N)nc2c(Cl)cccc21. The standard InChI is InChI=1S/C9H10ClN3/c1-2-13-7-5-3-4-6(10)8(7)12-9(13)11/h3-5H,2H2,1H3,(H2,11,12). The van der Waals surface area contributed by atoms with Gasteiger partial charge in [-0.15, -0.1) is 0 Å². The number of aryl methyl sites for hydroxylation is 1. The van der Waals surface area contributed by atoms with Crippen LogP contribution in [-0.4, -0.2) is 9.55 Å². The summed E-state index contributed by atoms with van der Waals surface area (Å²) in [6.07, 6.45) is 0. The first-order chi connectivity index (χ1) is 6.24. The second kappa shape index (κ2) is 2.92. The van der Waals surface area contributed by atoms with Crippen LogP contribution in [0.4, 0.5) is 5.95 Å². The first-order valence-electron chi connectivity index (χ1n) is 4.14. The van der Waals surface area contributed by atoms with E-state index in [0.717, 1.165) is 17.6 Å². The second-order valence-corrected chi connectivity index (χ2v) is 3.23. The molecular formula is C9H10ClN3. The topological polar surface area (TPSA) is 43.8 Å². The van der Waals surface area contributed by atoms with E-state index in [1.165, 1.54) is 0 Å². The molecule has 0 unspecified atom stereocenters. The molecule has 0 saturated carbocycles. The van der Waals surface area contributed by atoms with Crippen molar-refractivity contribution < 1.29 is 0 Å². The Hall–Kier alpha value is -1.22. The molecule has 2 aromatic rings. The van der Waals surface area contributed by atoms with Crippen molar-refractivity contribution in [1.82, 2.24) is 9.55 Å². The van der Waals surface area contributed by atoms with Crippen LogP contribution in [0.15, 0.2) is 18.2 Å². The predicted molar refractivity (Wildman–Crippen MR) is 54.8 cm³/mol. The molecule has 0 amide bonds. The van der Waals surface area contributed by atoms with E-state index in [1.54, 1.807) is 0 Å². The number of nitrogens with zero attached hydrogens (tertiary/aromatic N) is 2. The highest BCUT2D eigenvalue weighted by molar-refractivity contribution is 6.35. The molecule has 0 aliphatic heterocycles. The van der Waals surface area contributed by atoms with E-state index in [9.17, 15) is 0 Å². The van der Waals surface area contributed by atoms with Crippen LogP contribution in [0.1, 0.15) is 6.92 Å². The van der Waals surface area contributed by atoms with Crippen LogP contribution in [0.5, 0.6) is 0 Å². The molecule has 1 aromatic carbocycles. The van der Waals surface area contributed by atoms with Gasteiger partial charge in [-0.3, -0.25) is 0 Å². The largest absolute Gasteiger partial charge is 0.369 e. The minimum atomic E-state index is 0.519. The maximum Gasteiger partial charge on any atom is 0.201 e. The van der Waals surface area contributed by atoms with Crippen LogP contribution in [0, 0.1) is 0 Å². The Morgan fingerprint density at radius 3 is 3.00 bits per heavy atom. The molecule has 68 valence electrons. The third kappa shape index (κ3) is 1.16. The number of nitrogen functional groups attached to an aromatic ring is 1. The van der Waals surface area contributed by atoms with Crippen LogP contribution in [0.3, 0.4) is 0 Å². The zero-order chi connectivity index (χ0) is 9.42. The van der Waals surface area contributed by atoms with Gasteiger partial charge in [0.2, 0.25) is 5.95 Å². The Labute approximate surface area is 81.1 Å². The van der Waals surface area contributed by atoms with Gasteiger partial charge in [0.25, 0.3) is 0 Å². The third-order valence-corrected chi connectivity index (χ3v) is 2.38. The van der Waals surface area contributed by atoms with E-state index in [2.05, 4.69) is 4.98 Å². The van der Waals surface area contributed by atoms with E-state index in [-0.39, 0.29) is 0 Å². The minimum absolute atomic E-state index is 0.519. The molecule has 1 heterocycles. The van der Waals surface area contributed by atoms with E-state index in [1.807, 2.05) is 29.7 Å². The van der Waals surface area contributed by atoms with Gasteiger partial charge >= 0.3 is 0 Å². The maximum absolute atomic E-state index is 5.97. The smallest absolute Gasteiger partial charge is 0.201 e. The van der Waals surface area contributed by atoms with Crippen LogP contribution >= 0.6 is 11.6 Å². The summed E-state index contributed by atoms with van der Waals surface area (Å²) in [5.74, 6) is 0.519. The zero-order valence-corrected chi connectivity index (χ0v) is 8.04. The van der Waals surface area contributed by atoms with E-state index < -0.39 is 0 Å². The number of aromatic nitrogens is 2. The first kappa shape index (κ1) is 8.38. The van der Waals surface area contributed by atoms with Crippen molar-refractivity contribution >= 4 is 28.6 Å². The number of hydrogen-bond donors (Lipinski definition) is 1. The van der Waals surface area contributed by atoms with Gasteiger partial charge in [-0.1, -0.05) is 17.7 Å². The van der Waals surface area contributed by atoms with Crippen molar-refractivity contribution in [3.8, 4) is 0 Å². The number of para-hydroxylation sites is 1. The lowest BCUT2D eigenvalue weighted by Crippen LogP contribution is -2.00. The fourth-order valence-corrected chi connectivity index (χ4v) is 1.67. The predicted octanol–water partition coefficient (Wildman–Crippen LogP) is 2.29. The highest BCUT2D eigenvalue weighted by Gasteiger charge is 2.08. The Balaban J connectivity index is 2.86. The summed E-state index contributed by atoms with van der Waals surface area (Å²) in [7, 11) is 0. The van der Waals surface area contributed by atoms with Crippen molar-refractivity contribution in [2.75, 3.05) is 5.73 Å². The third-order valence-electron chi connectivity index (χ3n) is 2.08. The maximum atomic E-state index is 5.97. The lowest BCUT2D eigenvalue weighted by molar-refractivity contribution is 0.800. The molecule has 0 spiro atoms. The highest BCUT2D eigenvalue weighted by atomic mass is 35.5. The Morgan fingerprint density at radius 1 is 1.54 bits per heavy atom. The molecule has 0 atom stereocenters. The van der Waals surface area contributed by atoms with Gasteiger partial charge < -0.3 is 10.3 Å². The summed E-state index contributed by atoms with van der Waals surface area (Å²) < 4.78 is 1.93. The van der Waals surface area contributed by atoms with Crippen LogP contribution in [0.2, 0.25) is 5.02 Å². The minimum Gasteiger partial charge on any atom is -0.369 e. The van der Waals surface area contributed by atoms with E-state index in [4.69, 9.17) is 17.3 Å². The van der Waals surface area contributed by atoms with Gasteiger partial charge in [0.1, 0.15) is 5.52 Å². The molecule has 0 bridgehead atoms. The summed E-state index contributed by atoms with van der Waals surface area (Å²) >= 11 is 5.97. The zero-order valence-electron chi connectivity index (χ0n) is 7.29.